The predicted octanol–water partition coefficient (Wildman–Crippen LogP) is 3.73. The van der Waals surface area contributed by atoms with Crippen LogP contribution in [0.4, 0.5) is 5.69 Å². The Hall–Kier alpha value is -1.55. The van der Waals surface area contributed by atoms with Crippen LogP contribution in [0, 0.1) is 0 Å². The lowest BCUT2D eigenvalue weighted by atomic mass is 9.92. The summed E-state index contributed by atoms with van der Waals surface area (Å²) in [6.45, 7) is 6.93. The van der Waals surface area contributed by atoms with Crippen molar-refractivity contribution in [1.29, 1.82) is 0 Å². The van der Waals surface area contributed by atoms with Gasteiger partial charge in [-0.2, -0.15) is 0 Å². The molecule has 3 N–H and O–H groups in total. The van der Waals surface area contributed by atoms with E-state index >= 15 is 0 Å². The lowest BCUT2D eigenvalue weighted by Gasteiger charge is -2.31. The van der Waals surface area contributed by atoms with Gasteiger partial charge in [0.1, 0.15) is 5.54 Å². The highest BCUT2D eigenvalue weighted by molar-refractivity contribution is 5.78. The van der Waals surface area contributed by atoms with Crippen molar-refractivity contribution in [3.05, 3.63) is 29.3 Å². The largest absolute Gasteiger partial charge is 0.480 e. The molecule has 0 saturated carbocycles. The van der Waals surface area contributed by atoms with E-state index in [9.17, 15) is 9.90 Å². The van der Waals surface area contributed by atoms with E-state index in [1.165, 1.54) is 17.7 Å². The van der Waals surface area contributed by atoms with Gasteiger partial charge in [0.25, 0.3) is 0 Å². The topological polar surface area (TPSA) is 61.4 Å². The van der Waals surface area contributed by atoms with Crippen molar-refractivity contribution in [2.24, 2.45) is 0 Å². The number of hydrogen-bond acceptors (Lipinski definition) is 3. The first-order chi connectivity index (χ1) is 10.5. The van der Waals surface area contributed by atoms with E-state index in [2.05, 4.69) is 35.8 Å². The Bertz CT molecular complexity index is 530. The van der Waals surface area contributed by atoms with Gasteiger partial charge >= 0.3 is 5.97 Å². The van der Waals surface area contributed by atoms with Gasteiger partial charge in [0, 0.05) is 18.3 Å². The van der Waals surface area contributed by atoms with Gasteiger partial charge in [0.15, 0.2) is 0 Å². The summed E-state index contributed by atoms with van der Waals surface area (Å²) >= 11 is 0. The number of aryl methyl sites for hydroxylation is 1. The molecule has 22 heavy (non-hydrogen) atoms. The molecule has 0 amide bonds. The van der Waals surface area contributed by atoms with Crippen LogP contribution in [0.2, 0.25) is 0 Å². The van der Waals surface area contributed by atoms with Crippen molar-refractivity contribution in [1.82, 2.24) is 5.32 Å². The van der Waals surface area contributed by atoms with Gasteiger partial charge in [-0.3, -0.25) is 10.1 Å². The van der Waals surface area contributed by atoms with Crippen LogP contribution < -0.4 is 10.6 Å². The van der Waals surface area contributed by atoms with Crippen LogP contribution >= 0.6 is 0 Å². The summed E-state index contributed by atoms with van der Waals surface area (Å²) in [6, 6.07) is 6.45. The van der Waals surface area contributed by atoms with Gasteiger partial charge < -0.3 is 10.4 Å². The zero-order chi connectivity index (χ0) is 16.2. The average Bonchev–Trinajstić information content (AvgIpc) is 2.52. The zero-order valence-electron chi connectivity index (χ0n) is 13.9. The lowest BCUT2D eigenvalue weighted by Crippen LogP contribution is -2.50. The SMILES string of the molecule is CCCCC(C)(NC(C)c1ccc2c(c1)NCCC2)C(=O)O. The van der Waals surface area contributed by atoms with Crippen molar-refractivity contribution >= 4 is 11.7 Å². The Kier molecular flexibility index (Phi) is 5.46. The van der Waals surface area contributed by atoms with Crippen LogP contribution in [0.15, 0.2) is 18.2 Å². The second-order valence-corrected chi connectivity index (χ2v) is 6.55. The second kappa shape index (κ2) is 7.14. The monoisotopic (exact) mass is 304 g/mol. The Morgan fingerprint density at radius 2 is 2.27 bits per heavy atom. The van der Waals surface area contributed by atoms with Gasteiger partial charge in [-0.15, -0.1) is 0 Å². The Morgan fingerprint density at radius 1 is 1.50 bits per heavy atom. The van der Waals surface area contributed by atoms with E-state index in [1.54, 1.807) is 6.92 Å². The van der Waals surface area contributed by atoms with Crippen molar-refractivity contribution in [2.75, 3.05) is 11.9 Å². The molecule has 0 bridgehead atoms. The molecule has 1 aliphatic heterocycles. The van der Waals surface area contributed by atoms with Crippen LogP contribution in [0.5, 0.6) is 0 Å². The second-order valence-electron chi connectivity index (χ2n) is 6.55. The first-order valence-corrected chi connectivity index (χ1v) is 8.34. The normalized spacial score (nSPS) is 18.0. The number of unbranched alkanes of at least 4 members (excludes halogenated alkanes) is 1. The van der Waals surface area contributed by atoms with E-state index < -0.39 is 11.5 Å². The first-order valence-electron chi connectivity index (χ1n) is 8.34. The van der Waals surface area contributed by atoms with Crippen molar-refractivity contribution in [3.63, 3.8) is 0 Å². The number of fused-ring (bicyclic) bond motifs is 1. The summed E-state index contributed by atoms with van der Waals surface area (Å²) in [6.07, 6.45) is 4.85. The molecule has 1 aliphatic rings. The van der Waals surface area contributed by atoms with Crippen LogP contribution in [0.3, 0.4) is 0 Å². The number of nitrogens with one attached hydrogen (secondary N) is 2. The molecule has 4 heteroatoms. The predicted molar refractivity (Wildman–Crippen MR) is 90.4 cm³/mol. The van der Waals surface area contributed by atoms with Crippen LogP contribution in [-0.4, -0.2) is 23.2 Å². The number of aliphatic carboxylic acids is 1. The minimum atomic E-state index is -0.876. The summed E-state index contributed by atoms with van der Waals surface area (Å²) < 4.78 is 0. The third kappa shape index (κ3) is 3.80. The maximum atomic E-state index is 11.7. The fourth-order valence-corrected chi connectivity index (χ4v) is 3.08. The van der Waals surface area contributed by atoms with E-state index in [0.29, 0.717) is 6.42 Å². The third-order valence-corrected chi connectivity index (χ3v) is 4.61. The number of rotatable bonds is 7. The van der Waals surface area contributed by atoms with Gasteiger partial charge in [0.05, 0.1) is 0 Å². The maximum absolute atomic E-state index is 11.7. The molecule has 2 unspecified atom stereocenters. The average molecular weight is 304 g/mol. The standard InChI is InChI=1S/C18H28N2O2/c1-4-5-10-18(3,17(21)22)20-13(2)15-9-8-14-7-6-11-19-16(14)12-15/h8-9,12-13,19-20H,4-7,10-11H2,1-3H3,(H,21,22). The summed E-state index contributed by atoms with van der Waals surface area (Å²) in [5.41, 5.74) is 2.81. The van der Waals surface area contributed by atoms with Gasteiger partial charge in [-0.05, 0) is 50.3 Å². The molecule has 2 rings (SSSR count). The Balaban J connectivity index is 2.12. The third-order valence-electron chi connectivity index (χ3n) is 4.61. The molecule has 0 spiro atoms. The Labute approximate surface area is 133 Å². The van der Waals surface area contributed by atoms with Crippen molar-refractivity contribution in [2.45, 2.75) is 64.5 Å². The number of carboxylic acid groups (broad SMARTS) is 1. The van der Waals surface area contributed by atoms with Crippen molar-refractivity contribution in [3.8, 4) is 0 Å². The molecule has 4 nitrogen and oxygen atoms in total. The fraction of sp³-hybridized carbons (Fsp3) is 0.611. The van der Waals surface area contributed by atoms with E-state index in [4.69, 9.17) is 0 Å². The highest BCUT2D eigenvalue weighted by Crippen LogP contribution is 2.27. The molecule has 1 aromatic rings. The minimum Gasteiger partial charge on any atom is -0.480 e. The summed E-state index contributed by atoms with van der Waals surface area (Å²) in [4.78, 5) is 11.7. The number of benzene rings is 1. The van der Waals surface area contributed by atoms with E-state index in [1.807, 2.05) is 6.92 Å². The molecule has 0 saturated heterocycles. The quantitative estimate of drug-likeness (QED) is 0.718. The van der Waals surface area contributed by atoms with Gasteiger partial charge in [0.2, 0.25) is 0 Å². The molecule has 1 heterocycles. The van der Waals surface area contributed by atoms with E-state index in [-0.39, 0.29) is 6.04 Å². The van der Waals surface area contributed by atoms with Gasteiger partial charge in [-0.1, -0.05) is 31.9 Å². The Morgan fingerprint density at radius 3 is 2.95 bits per heavy atom. The van der Waals surface area contributed by atoms with Gasteiger partial charge in [-0.25, -0.2) is 0 Å². The van der Waals surface area contributed by atoms with Crippen LogP contribution in [0.1, 0.15) is 63.6 Å². The smallest absolute Gasteiger partial charge is 0.323 e. The molecule has 122 valence electrons. The first kappa shape index (κ1) is 16.8. The lowest BCUT2D eigenvalue weighted by molar-refractivity contribution is -0.144. The number of carboxylic acids is 1. The van der Waals surface area contributed by atoms with Crippen molar-refractivity contribution < 1.29 is 9.90 Å². The molecule has 0 aliphatic carbocycles. The molecule has 0 radical (unpaired) electrons. The van der Waals surface area contributed by atoms with Crippen LogP contribution in [-0.2, 0) is 11.2 Å². The summed E-state index contributed by atoms with van der Waals surface area (Å²) in [5.74, 6) is -0.774. The molecule has 0 fully saturated rings. The molecule has 0 aromatic heterocycles. The number of hydrogen-bond donors (Lipinski definition) is 3. The highest BCUT2D eigenvalue weighted by Gasteiger charge is 2.33. The van der Waals surface area contributed by atoms with E-state index in [0.717, 1.165) is 31.4 Å². The zero-order valence-corrected chi connectivity index (χ0v) is 13.9. The fourth-order valence-electron chi connectivity index (χ4n) is 3.08. The molecule has 1 aromatic carbocycles. The molecular formula is C18H28N2O2. The summed E-state index contributed by atoms with van der Waals surface area (Å²) in [7, 11) is 0. The number of anilines is 1. The maximum Gasteiger partial charge on any atom is 0.323 e. The summed E-state index contributed by atoms with van der Waals surface area (Å²) in [5, 5.41) is 16.3. The minimum absolute atomic E-state index is 0.00647. The van der Waals surface area contributed by atoms with Crippen LogP contribution in [0.25, 0.3) is 0 Å². The molecular weight excluding hydrogens is 276 g/mol. The molecule has 2 atom stereocenters. The highest BCUT2D eigenvalue weighted by atomic mass is 16.4. The number of carbonyl (C=O) groups is 1.